The maximum atomic E-state index is 10.3. The standard InChI is InChI=1S/C11H20N6OS/c1-15-2-4-16(5-3-15)8-6-17(7-9(8)18)11-14-13-10(12)19-11/h8-9,18H,2-7H2,1H3,(H2,12,13)/t8-,9-/m0/s1. The van der Waals surface area contributed by atoms with Crippen molar-refractivity contribution in [1.29, 1.82) is 0 Å². The average Bonchev–Trinajstić information content (AvgIpc) is 2.97. The van der Waals surface area contributed by atoms with Crippen LogP contribution in [0, 0.1) is 0 Å². The maximum Gasteiger partial charge on any atom is 0.210 e. The number of β-amino-alcohol motifs (C(OH)–C–C–N with tert-alkyl or cyclic N) is 1. The fraction of sp³-hybridized carbons (Fsp3) is 0.818. The molecule has 2 fully saturated rings. The second-order valence-corrected chi connectivity index (χ2v) is 6.29. The molecule has 2 saturated heterocycles. The van der Waals surface area contributed by atoms with Gasteiger partial charge in [0.1, 0.15) is 0 Å². The maximum absolute atomic E-state index is 10.3. The number of nitrogen functional groups attached to an aromatic ring is 1. The summed E-state index contributed by atoms with van der Waals surface area (Å²) < 4.78 is 0. The number of rotatable bonds is 2. The van der Waals surface area contributed by atoms with Gasteiger partial charge in [-0.15, -0.1) is 10.2 Å². The third-order valence-corrected chi connectivity index (χ3v) is 4.78. The van der Waals surface area contributed by atoms with Gasteiger partial charge < -0.3 is 20.6 Å². The average molecular weight is 284 g/mol. The predicted octanol–water partition coefficient (Wildman–Crippen LogP) is -1.08. The van der Waals surface area contributed by atoms with Crippen molar-refractivity contribution in [3.63, 3.8) is 0 Å². The second kappa shape index (κ2) is 5.20. The van der Waals surface area contributed by atoms with Gasteiger partial charge in [-0.3, -0.25) is 4.90 Å². The lowest BCUT2D eigenvalue weighted by Gasteiger charge is -2.37. The zero-order chi connectivity index (χ0) is 13.4. The SMILES string of the molecule is CN1CCN([C@H]2CN(c3nnc(N)s3)C[C@@H]2O)CC1. The Morgan fingerprint density at radius 3 is 2.58 bits per heavy atom. The molecule has 19 heavy (non-hydrogen) atoms. The molecule has 2 aliphatic rings. The highest BCUT2D eigenvalue weighted by molar-refractivity contribution is 7.18. The van der Waals surface area contributed by atoms with Crippen LogP contribution in [-0.4, -0.2) is 83.6 Å². The second-order valence-electron chi connectivity index (χ2n) is 5.30. The summed E-state index contributed by atoms with van der Waals surface area (Å²) in [6.45, 7) is 5.59. The Morgan fingerprint density at radius 2 is 1.95 bits per heavy atom. The highest BCUT2D eigenvalue weighted by Crippen LogP contribution is 2.27. The van der Waals surface area contributed by atoms with Crippen LogP contribution < -0.4 is 10.6 Å². The topological polar surface area (TPSA) is 81.8 Å². The number of nitrogens with two attached hydrogens (primary N) is 1. The lowest BCUT2D eigenvalue weighted by atomic mass is 10.1. The number of piperazine rings is 1. The van der Waals surface area contributed by atoms with Crippen molar-refractivity contribution in [2.45, 2.75) is 12.1 Å². The van der Waals surface area contributed by atoms with Crippen molar-refractivity contribution in [2.75, 3.05) is 56.9 Å². The van der Waals surface area contributed by atoms with Gasteiger partial charge in [-0.25, -0.2) is 0 Å². The molecule has 1 aromatic rings. The summed E-state index contributed by atoms with van der Waals surface area (Å²) in [6.07, 6.45) is -0.325. The van der Waals surface area contributed by atoms with Gasteiger partial charge >= 0.3 is 0 Å². The first kappa shape index (κ1) is 13.0. The van der Waals surface area contributed by atoms with E-state index in [2.05, 4.69) is 31.9 Å². The summed E-state index contributed by atoms with van der Waals surface area (Å²) in [5.74, 6) is 0. The van der Waals surface area contributed by atoms with Gasteiger partial charge in [0.2, 0.25) is 10.3 Å². The van der Waals surface area contributed by atoms with Crippen molar-refractivity contribution in [3.8, 4) is 0 Å². The third kappa shape index (κ3) is 2.66. The van der Waals surface area contributed by atoms with Crippen LogP contribution in [0.1, 0.15) is 0 Å². The van der Waals surface area contributed by atoms with Gasteiger partial charge in [-0.1, -0.05) is 11.3 Å². The van der Waals surface area contributed by atoms with Gasteiger partial charge in [-0.05, 0) is 7.05 Å². The van der Waals surface area contributed by atoms with Crippen LogP contribution >= 0.6 is 11.3 Å². The molecule has 7 nitrogen and oxygen atoms in total. The number of hydrogen-bond donors (Lipinski definition) is 2. The number of aliphatic hydroxyl groups excluding tert-OH is 1. The van der Waals surface area contributed by atoms with Crippen molar-refractivity contribution in [1.82, 2.24) is 20.0 Å². The molecule has 0 bridgehead atoms. The molecular weight excluding hydrogens is 264 g/mol. The number of hydrogen-bond acceptors (Lipinski definition) is 8. The number of aliphatic hydroxyl groups is 1. The molecule has 0 unspecified atom stereocenters. The Kier molecular flexibility index (Phi) is 3.57. The molecule has 0 saturated carbocycles. The van der Waals surface area contributed by atoms with Crippen LogP contribution in [0.4, 0.5) is 10.3 Å². The van der Waals surface area contributed by atoms with E-state index in [9.17, 15) is 5.11 Å². The van der Waals surface area contributed by atoms with Crippen LogP contribution in [0.2, 0.25) is 0 Å². The molecule has 3 rings (SSSR count). The summed E-state index contributed by atoms with van der Waals surface area (Å²) in [5, 5.41) is 19.5. The fourth-order valence-corrected chi connectivity index (χ4v) is 3.42. The van der Waals surface area contributed by atoms with E-state index in [4.69, 9.17) is 5.73 Å². The molecule has 3 N–H and O–H groups in total. The van der Waals surface area contributed by atoms with Crippen LogP contribution in [-0.2, 0) is 0 Å². The first-order chi connectivity index (χ1) is 9.13. The Hall–Kier alpha value is -0.960. The summed E-state index contributed by atoms with van der Waals surface area (Å²) in [6, 6.07) is 0.193. The van der Waals surface area contributed by atoms with Crippen molar-refractivity contribution < 1.29 is 5.11 Å². The van der Waals surface area contributed by atoms with Gasteiger partial charge in [0.25, 0.3) is 0 Å². The Labute approximate surface area is 116 Å². The Bertz CT molecular complexity index is 433. The molecule has 8 heteroatoms. The molecular formula is C11H20N6OS. The highest BCUT2D eigenvalue weighted by atomic mass is 32.1. The molecule has 2 atom stereocenters. The van der Waals surface area contributed by atoms with Crippen LogP contribution in [0.3, 0.4) is 0 Å². The van der Waals surface area contributed by atoms with E-state index in [0.717, 1.165) is 37.9 Å². The molecule has 0 amide bonds. The molecule has 0 aliphatic carbocycles. The van der Waals surface area contributed by atoms with Crippen LogP contribution in [0.5, 0.6) is 0 Å². The van der Waals surface area contributed by atoms with E-state index >= 15 is 0 Å². The van der Waals surface area contributed by atoms with Crippen LogP contribution in [0.25, 0.3) is 0 Å². The Balaban J connectivity index is 1.65. The van der Waals surface area contributed by atoms with Gasteiger partial charge in [-0.2, -0.15) is 0 Å². The molecule has 0 spiro atoms. The number of likely N-dealkylation sites (N-methyl/N-ethyl adjacent to an activating group) is 1. The predicted molar refractivity (Wildman–Crippen MR) is 75.4 cm³/mol. The molecule has 106 valence electrons. The van der Waals surface area contributed by atoms with Gasteiger partial charge in [0, 0.05) is 39.3 Å². The number of aromatic nitrogens is 2. The molecule has 2 aliphatic heterocycles. The lowest BCUT2D eigenvalue weighted by Crippen LogP contribution is -2.52. The molecule has 3 heterocycles. The zero-order valence-corrected chi connectivity index (χ0v) is 11.9. The van der Waals surface area contributed by atoms with Gasteiger partial charge in [0.15, 0.2) is 0 Å². The minimum absolute atomic E-state index is 0.193. The highest BCUT2D eigenvalue weighted by Gasteiger charge is 2.37. The summed E-state index contributed by atoms with van der Waals surface area (Å²) >= 11 is 1.38. The summed E-state index contributed by atoms with van der Waals surface area (Å²) in [4.78, 5) is 6.79. The molecule has 1 aromatic heterocycles. The molecule has 0 aromatic carbocycles. The first-order valence-electron chi connectivity index (χ1n) is 6.58. The van der Waals surface area contributed by atoms with Crippen LogP contribution in [0.15, 0.2) is 0 Å². The van der Waals surface area contributed by atoms with E-state index in [1.807, 2.05) is 0 Å². The minimum atomic E-state index is -0.325. The van der Waals surface area contributed by atoms with E-state index < -0.39 is 0 Å². The Morgan fingerprint density at radius 1 is 1.21 bits per heavy atom. The fourth-order valence-electron chi connectivity index (χ4n) is 2.79. The number of anilines is 2. The first-order valence-corrected chi connectivity index (χ1v) is 7.40. The smallest absolute Gasteiger partial charge is 0.210 e. The summed E-state index contributed by atoms with van der Waals surface area (Å²) in [5.41, 5.74) is 5.61. The summed E-state index contributed by atoms with van der Waals surface area (Å²) in [7, 11) is 2.14. The monoisotopic (exact) mass is 284 g/mol. The van der Waals surface area contributed by atoms with E-state index in [1.54, 1.807) is 0 Å². The van der Waals surface area contributed by atoms with Gasteiger partial charge in [0.05, 0.1) is 12.1 Å². The normalized spacial score (nSPS) is 30.1. The van der Waals surface area contributed by atoms with E-state index in [1.165, 1.54) is 11.3 Å². The largest absolute Gasteiger partial charge is 0.390 e. The van der Waals surface area contributed by atoms with E-state index in [0.29, 0.717) is 11.7 Å². The quantitative estimate of drug-likeness (QED) is 0.714. The molecule has 0 radical (unpaired) electrons. The number of nitrogens with zero attached hydrogens (tertiary/aromatic N) is 5. The van der Waals surface area contributed by atoms with Crippen molar-refractivity contribution in [2.24, 2.45) is 0 Å². The minimum Gasteiger partial charge on any atom is -0.390 e. The van der Waals surface area contributed by atoms with Crippen molar-refractivity contribution >= 4 is 21.6 Å². The zero-order valence-electron chi connectivity index (χ0n) is 11.1. The van der Waals surface area contributed by atoms with E-state index in [-0.39, 0.29) is 12.1 Å². The third-order valence-electron chi connectivity index (χ3n) is 3.97. The van der Waals surface area contributed by atoms with Crippen molar-refractivity contribution in [3.05, 3.63) is 0 Å². The lowest BCUT2D eigenvalue weighted by molar-refractivity contribution is 0.0512.